The Morgan fingerprint density at radius 2 is 2.09 bits per heavy atom. The van der Waals surface area contributed by atoms with Crippen molar-refractivity contribution in [1.82, 2.24) is 5.32 Å². The molecule has 0 aliphatic heterocycles. The maximum Gasteiger partial charge on any atom is 0.287 e. The number of ether oxygens (including phenoxy) is 1. The zero-order chi connectivity index (χ0) is 16.1. The molecule has 0 saturated heterocycles. The third kappa shape index (κ3) is 4.36. The van der Waals surface area contributed by atoms with Gasteiger partial charge in [0.2, 0.25) is 0 Å². The summed E-state index contributed by atoms with van der Waals surface area (Å²) in [6, 6.07) is 9.26. The SMILES string of the molecule is Cc1ccc(OCc2ccc(C(=O)NCC(C)O)o2)c(C)c1. The van der Waals surface area contributed by atoms with Crippen molar-refractivity contribution >= 4 is 5.91 Å². The lowest BCUT2D eigenvalue weighted by atomic mass is 10.1. The number of nitrogens with one attached hydrogen (secondary N) is 1. The van der Waals surface area contributed by atoms with Crippen LogP contribution in [0.25, 0.3) is 0 Å². The van der Waals surface area contributed by atoms with Crippen molar-refractivity contribution in [3.8, 4) is 5.75 Å². The molecule has 2 N–H and O–H groups in total. The molecule has 0 spiro atoms. The summed E-state index contributed by atoms with van der Waals surface area (Å²) in [5.74, 6) is 1.22. The Balaban J connectivity index is 1.93. The number of rotatable bonds is 6. The van der Waals surface area contributed by atoms with E-state index < -0.39 is 6.10 Å². The summed E-state index contributed by atoms with van der Waals surface area (Å²) in [7, 11) is 0. The Bertz CT molecular complexity index is 646. The highest BCUT2D eigenvalue weighted by atomic mass is 16.5. The van der Waals surface area contributed by atoms with E-state index in [0.29, 0.717) is 5.76 Å². The molecule has 5 nitrogen and oxygen atoms in total. The molecule has 1 heterocycles. The largest absolute Gasteiger partial charge is 0.485 e. The highest BCUT2D eigenvalue weighted by molar-refractivity contribution is 5.91. The van der Waals surface area contributed by atoms with Crippen molar-refractivity contribution in [3.05, 3.63) is 53.0 Å². The predicted octanol–water partition coefficient (Wildman–Crippen LogP) is 2.59. The highest BCUT2D eigenvalue weighted by Crippen LogP contribution is 2.20. The zero-order valence-electron chi connectivity index (χ0n) is 13.1. The zero-order valence-corrected chi connectivity index (χ0v) is 13.1. The summed E-state index contributed by atoms with van der Waals surface area (Å²) in [5.41, 5.74) is 2.24. The third-order valence-electron chi connectivity index (χ3n) is 3.14. The smallest absolute Gasteiger partial charge is 0.287 e. The molecule has 0 saturated carbocycles. The highest BCUT2D eigenvalue weighted by Gasteiger charge is 2.12. The summed E-state index contributed by atoms with van der Waals surface area (Å²) in [6.07, 6.45) is -0.591. The number of carbonyl (C=O) groups is 1. The molecule has 0 fully saturated rings. The molecular formula is C17H21NO4. The minimum absolute atomic E-state index is 0.188. The van der Waals surface area contributed by atoms with Gasteiger partial charge in [-0.1, -0.05) is 17.7 Å². The van der Waals surface area contributed by atoms with Gasteiger partial charge in [-0.15, -0.1) is 0 Å². The number of amides is 1. The van der Waals surface area contributed by atoms with Gasteiger partial charge in [0.1, 0.15) is 18.1 Å². The van der Waals surface area contributed by atoms with E-state index in [1.807, 2.05) is 32.0 Å². The first-order valence-electron chi connectivity index (χ1n) is 7.20. The second-order valence-electron chi connectivity index (χ2n) is 5.38. The van der Waals surface area contributed by atoms with Gasteiger partial charge in [0.15, 0.2) is 5.76 Å². The maximum atomic E-state index is 11.8. The van der Waals surface area contributed by atoms with Gasteiger partial charge in [0, 0.05) is 6.54 Å². The first-order chi connectivity index (χ1) is 10.5. The van der Waals surface area contributed by atoms with Crippen molar-refractivity contribution in [2.24, 2.45) is 0 Å². The molecule has 2 rings (SSSR count). The van der Waals surface area contributed by atoms with Crippen LogP contribution in [0.1, 0.15) is 34.4 Å². The van der Waals surface area contributed by atoms with Crippen LogP contribution in [-0.4, -0.2) is 23.7 Å². The Labute approximate surface area is 129 Å². The van der Waals surface area contributed by atoms with E-state index in [4.69, 9.17) is 14.3 Å². The molecule has 1 unspecified atom stereocenters. The van der Waals surface area contributed by atoms with E-state index in [9.17, 15) is 4.79 Å². The van der Waals surface area contributed by atoms with Crippen LogP contribution in [0.4, 0.5) is 0 Å². The van der Waals surface area contributed by atoms with Crippen LogP contribution in [0.3, 0.4) is 0 Å². The molecule has 2 aromatic rings. The first kappa shape index (κ1) is 16.1. The molecule has 1 aromatic heterocycles. The predicted molar refractivity (Wildman–Crippen MR) is 83.0 cm³/mol. The second-order valence-corrected chi connectivity index (χ2v) is 5.38. The number of aliphatic hydroxyl groups is 1. The van der Waals surface area contributed by atoms with Gasteiger partial charge in [0.25, 0.3) is 5.91 Å². The average molecular weight is 303 g/mol. The average Bonchev–Trinajstić information content (AvgIpc) is 2.92. The Kier molecular flexibility index (Phi) is 5.22. The molecule has 22 heavy (non-hydrogen) atoms. The van der Waals surface area contributed by atoms with Gasteiger partial charge >= 0.3 is 0 Å². The fourth-order valence-electron chi connectivity index (χ4n) is 2.02. The van der Waals surface area contributed by atoms with Crippen molar-refractivity contribution in [1.29, 1.82) is 0 Å². The third-order valence-corrected chi connectivity index (χ3v) is 3.14. The molecule has 1 aromatic carbocycles. The summed E-state index contributed by atoms with van der Waals surface area (Å²) in [6.45, 7) is 6.06. The molecule has 5 heteroatoms. The lowest BCUT2D eigenvalue weighted by molar-refractivity contribution is 0.0892. The first-order valence-corrected chi connectivity index (χ1v) is 7.20. The van der Waals surface area contributed by atoms with Crippen LogP contribution in [-0.2, 0) is 6.61 Å². The molecule has 0 aliphatic rings. The van der Waals surface area contributed by atoms with Gasteiger partial charge in [-0.2, -0.15) is 0 Å². The normalized spacial score (nSPS) is 12.0. The molecule has 0 radical (unpaired) electrons. The summed E-state index contributed by atoms with van der Waals surface area (Å²) in [4.78, 5) is 11.8. The van der Waals surface area contributed by atoms with Gasteiger partial charge in [0.05, 0.1) is 6.10 Å². The fraction of sp³-hybridized carbons (Fsp3) is 0.353. The number of carbonyl (C=O) groups excluding carboxylic acids is 1. The summed E-state index contributed by atoms with van der Waals surface area (Å²) < 4.78 is 11.1. The fourth-order valence-corrected chi connectivity index (χ4v) is 2.02. The van der Waals surface area contributed by atoms with Crippen LogP contribution in [0.15, 0.2) is 34.7 Å². The van der Waals surface area contributed by atoms with E-state index in [2.05, 4.69) is 5.32 Å². The van der Waals surface area contributed by atoms with Crippen LogP contribution < -0.4 is 10.1 Å². The van der Waals surface area contributed by atoms with Crippen LogP contribution in [0.2, 0.25) is 0 Å². The molecule has 118 valence electrons. The second kappa shape index (κ2) is 7.13. The molecule has 0 aliphatic carbocycles. The van der Waals surface area contributed by atoms with E-state index in [1.165, 1.54) is 5.56 Å². The maximum absolute atomic E-state index is 11.8. The van der Waals surface area contributed by atoms with Crippen LogP contribution in [0, 0.1) is 13.8 Å². The topological polar surface area (TPSA) is 71.7 Å². The van der Waals surface area contributed by atoms with Crippen molar-refractivity contribution in [2.75, 3.05) is 6.54 Å². The number of furan rings is 1. The van der Waals surface area contributed by atoms with E-state index in [0.717, 1.165) is 11.3 Å². The monoisotopic (exact) mass is 303 g/mol. The van der Waals surface area contributed by atoms with Gasteiger partial charge in [-0.05, 0) is 44.5 Å². The Morgan fingerprint density at radius 1 is 1.32 bits per heavy atom. The Hall–Kier alpha value is -2.27. The van der Waals surface area contributed by atoms with E-state index in [-0.39, 0.29) is 24.8 Å². The standard InChI is InChI=1S/C17H21NO4/c1-11-4-6-15(12(2)8-11)21-10-14-5-7-16(22-14)17(20)18-9-13(3)19/h4-8,13,19H,9-10H2,1-3H3,(H,18,20). The lowest BCUT2D eigenvalue weighted by Gasteiger charge is -2.08. The number of hydrogen-bond donors (Lipinski definition) is 2. The minimum Gasteiger partial charge on any atom is -0.485 e. The Morgan fingerprint density at radius 3 is 2.77 bits per heavy atom. The molecular weight excluding hydrogens is 282 g/mol. The summed E-state index contributed by atoms with van der Waals surface area (Å²) >= 11 is 0. The number of hydrogen-bond acceptors (Lipinski definition) is 4. The number of aliphatic hydroxyl groups excluding tert-OH is 1. The van der Waals surface area contributed by atoms with Gasteiger partial charge in [-0.25, -0.2) is 0 Å². The van der Waals surface area contributed by atoms with Crippen molar-refractivity contribution in [3.63, 3.8) is 0 Å². The van der Waals surface area contributed by atoms with Crippen LogP contribution >= 0.6 is 0 Å². The summed E-state index contributed by atoms with van der Waals surface area (Å²) in [5, 5.41) is 11.7. The van der Waals surface area contributed by atoms with Crippen molar-refractivity contribution in [2.45, 2.75) is 33.5 Å². The van der Waals surface area contributed by atoms with E-state index in [1.54, 1.807) is 19.1 Å². The molecule has 1 atom stereocenters. The van der Waals surface area contributed by atoms with E-state index >= 15 is 0 Å². The minimum atomic E-state index is -0.591. The number of aryl methyl sites for hydroxylation is 2. The van der Waals surface area contributed by atoms with Gasteiger partial charge < -0.3 is 19.6 Å². The lowest BCUT2D eigenvalue weighted by Crippen LogP contribution is -2.30. The molecule has 1 amide bonds. The van der Waals surface area contributed by atoms with Crippen molar-refractivity contribution < 1.29 is 19.1 Å². The number of benzene rings is 1. The van der Waals surface area contributed by atoms with Crippen LogP contribution in [0.5, 0.6) is 5.75 Å². The molecule has 0 bridgehead atoms. The van der Waals surface area contributed by atoms with Gasteiger partial charge in [-0.3, -0.25) is 4.79 Å². The quantitative estimate of drug-likeness (QED) is 0.860.